The Kier molecular flexibility index (Phi) is 4.41. The Balaban J connectivity index is 2.29. The summed E-state index contributed by atoms with van der Waals surface area (Å²) in [5, 5.41) is 9.76. The third kappa shape index (κ3) is 2.62. The second kappa shape index (κ2) is 6.52. The zero-order chi connectivity index (χ0) is 18.1. The highest BCUT2D eigenvalue weighted by atomic mass is 16.5. The molecule has 0 saturated carbocycles. The molecular weight excluding hydrogens is 318 g/mol. The molecule has 1 aliphatic carbocycles. The van der Waals surface area contributed by atoms with E-state index in [-0.39, 0.29) is 5.78 Å². The van der Waals surface area contributed by atoms with Gasteiger partial charge < -0.3 is 20.1 Å². The second-order valence-electron chi connectivity index (χ2n) is 6.15. The fourth-order valence-corrected chi connectivity index (χ4v) is 3.64. The van der Waals surface area contributed by atoms with Crippen LogP contribution in [0.4, 0.5) is 0 Å². The van der Waals surface area contributed by atoms with Gasteiger partial charge in [-0.2, -0.15) is 5.26 Å². The molecule has 0 radical (unpaired) electrons. The summed E-state index contributed by atoms with van der Waals surface area (Å²) in [6, 6.07) is 7.59. The van der Waals surface area contributed by atoms with Crippen molar-refractivity contribution in [1.82, 2.24) is 4.90 Å². The lowest BCUT2D eigenvalue weighted by Crippen LogP contribution is -2.36. The molecule has 130 valence electrons. The summed E-state index contributed by atoms with van der Waals surface area (Å²) >= 11 is 0. The van der Waals surface area contributed by atoms with Crippen LogP contribution in [0.2, 0.25) is 0 Å². The predicted molar refractivity (Wildman–Crippen MR) is 92.8 cm³/mol. The summed E-state index contributed by atoms with van der Waals surface area (Å²) < 4.78 is 10.8. The van der Waals surface area contributed by atoms with Gasteiger partial charge in [0.15, 0.2) is 5.78 Å². The number of methoxy groups -OCH3 is 2. The zero-order valence-electron chi connectivity index (χ0n) is 14.6. The molecule has 3 rings (SSSR count). The van der Waals surface area contributed by atoms with Crippen molar-refractivity contribution in [3.8, 4) is 17.6 Å². The lowest BCUT2D eigenvalue weighted by atomic mass is 9.75. The van der Waals surface area contributed by atoms with Gasteiger partial charge in [0.05, 0.1) is 31.8 Å². The van der Waals surface area contributed by atoms with E-state index >= 15 is 0 Å². The average molecular weight is 339 g/mol. The minimum atomic E-state index is -0.533. The smallest absolute Gasteiger partial charge is 0.161 e. The van der Waals surface area contributed by atoms with E-state index in [1.54, 1.807) is 38.3 Å². The van der Waals surface area contributed by atoms with Gasteiger partial charge in [0, 0.05) is 30.3 Å². The monoisotopic (exact) mass is 339 g/mol. The van der Waals surface area contributed by atoms with Crippen molar-refractivity contribution in [3.05, 3.63) is 46.4 Å². The third-order valence-electron chi connectivity index (χ3n) is 4.92. The van der Waals surface area contributed by atoms with Crippen LogP contribution in [0.3, 0.4) is 0 Å². The summed E-state index contributed by atoms with van der Waals surface area (Å²) in [5.74, 6) is 1.14. The molecular formula is C19H21N3O3. The maximum atomic E-state index is 12.8. The predicted octanol–water partition coefficient (Wildman–Crippen LogP) is 2.43. The van der Waals surface area contributed by atoms with Crippen LogP contribution >= 0.6 is 0 Å². The van der Waals surface area contributed by atoms with Crippen LogP contribution in [-0.4, -0.2) is 32.0 Å². The van der Waals surface area contributed by atoms with Crippen molar-refractivity contribution in [3.63, 3.8) is 0 Å². The Morgan fingerprint density at radius 1 is 1.28 bits per heavy atom. The first-order valence-electron chi connectivity index (χ1n) is 8.15. The molecule has 2 aliphatic rings. The fraction of sp³-hybridized carbons (Fsp3) is 0.368. The van der Waals surface area contributed by atoms with Gasteiger partial charge in [0.1, 0.15) is 17.3 Å². The number of carbonyl (C=O) groups is 1. The van der Waals surface area contributed by atoms with Crippen LogP contribution in [-0.2, 0) is 4.79 Å². The van der Waals surface area contributed by atoms with E-state index in [9.17, 15) is 10.1 Å². The van der Waals surface area contributed by atoms with E-state index in [0.717, 1.165) is 24.1 Å². The van der Waals surface area contributed by atoms with Gasteiger partial charge in [-0.25, -0.2) is 0 Å². The summed E-state index contributed by atoms with van der Waals surface area (Å²) in [5.41, 5.74) is 8.86. The first-order chi connectivity index (χ1) is 12.0. The Morgan fingerprint density at radius 2 is 2.04 bits per heavy atom. The topological polar surface area (TPSA) is 88.6 Å². The Hall–Kier alpha value is -2.94. The third-order valence-corrected chi connectivity index (χ3v) is 4.92. The molecule has 1 aliphatic heterocycles. The first kappa shape index (κ1) is 16.9. The molecule has 25 heavy (non-hydrogen) atoms. The molecule has 0 aromatic heterocycles. The van der Waals surface area contributed by atoms with Crippen molar-refractivity contribution in [2.45, 2.75) is 25.2 Å². The summed E-state index contributed by atoms with van der Waals surface area (Å²) in [6.07, 6.45) is 2.03. The van der Waals surface area contributed by atoms with E-state index in [1.807, 2.05) is 6.07 Å². The number of hydrogen-bond acceptors (Lipinski definition) is 6. The van der Waals surface area contributed by atoms with Crippen molar-refractivity contribution in [2.24, 2.45) is 5.73 Å². The van der Waals surface area contributed by atoms with E-state index in [0.29, 0.717) is 34.9 Å². The molecule has 6 heteroatoms. The maximum absolute atomic E-state index is 12.8. The quantitative estimate of drug-likeness (QED) is 0.910. The van der Waals surface area contributed by atoms with E-state index < -0.39 is 5.92 Å². The largest absolute Gasteiger partial charge is 0.497 e. The van der Waals surface area contributed by atoms with Gasteiger partial charge in [0.2, 0.25) is 0 Å². The number of ketones is 1. The molecule has 2 N–H and O–H groups in total. The number of nitrogens with two attached hydrogens (primary N) is 1. The molecule has 1 aromatic carbocycles. The minimum absolute atomic E-state index is 0.0585. The molecule has 0 saturated heterocycles. The van der Waals surface area contributed by atoms with Crippen molar-refractivity contribution < 1.29 is 14.3 Å². The average Bonchev–Trinajstić information content (AvgIpc) is 2.64. The second-order valence-corrected chi connectivity index (χ2v) is 6.15. The lowest BCUT2D eigenvalue weighted by molar-refractivity contribution is -0.116. The SMILES string of the molecule is COc1ccc(OC)c([C@H]2C(C#N)=C(N)N(C)C3=C2C(=O)CCC3)c1. The van der Waals surface area contributed by atoms with Crippen LogP contribution in [0.1, 0.15) is 30.7 Å². The zero-order valence-corrected chi connectivity index (χ0v) is 14.6. The number of rotatable bonds is 3. The number of Topliss-reactive ketones (excluding diaryl/α,β-unsaturated/α-hetero) is 1. The Morgan fingerprint density at radius 3 is 2.68 bits per heavy atom. The normalized spacial score (nSPS) is 20.3. The highest BCUT2D eigenvalue weighted by Gasteiger charge is 2.39. The fourth-order valence-electron chi connectivity index (χ4n) is 3.64. The Bertz CT molecular complexity index is 833. The first-order valence-corrected chi connectivity index (χ1v) is 8.15. The number of allylic oxidation sites excluding steroid dienone is 3. The van der Waals surface area contributed by atoms with Crippen LogP contribution in [0, 0.1) is 11.3 Å². The van der Waals surface area contributed by atoms with Crippen LogP contribution < -0.4 is 15.2 Å². The molecule has 6 nitrogen and oxygen atoms in total. The van der Waals surface area contributed by atoms with Gasteiger partial charge in [-0.3, -0.25) is 4.79 Å². The van der Waals surface area contributed by atoms with E-state index in [2.05, 4.69) is 6.07 Å². The molecule has 0 fully saturated rings. The number of hydrogen-bond donors (Lipinski definition) is 1. The van der Waals surface area contributed by atoms with Crippen LogP contribution in [0.5, 0.6) is 11.5 Å². The van der Waals surface area contributed by atoms with Crippen LogP contribution in [0.25, 0.3) is 0 Å². The van der Waals surface area contributed by atoms with Gasteiger partial charge in [-0.15, -0.1) is 0 Å². The molecule has 0 amide bonds. The molecule has 1 heterocycles. The summed E-state index contributed by atoms with van der Waals surface area (Å²) in [7, 11) is 4.95. The molecule has 1 aromatic rings. The maximum Gasteiger partial charge on any atom is 0.161 e. The molecule has 0 unspecified atom stereocenters. The van der Waals surface area contributed by atoms with E-state index in [1.165, 1.54) is 0 Å². The van der Waals surface area contributed by atoms with Gasteiger partial charge in [0.25, 0.3) is 0 Å². The highest BCUT2D eigenvalue weighted by Crippen LogP contribution is 2.47. The molecule has 0 bridgehead atoms. The summed E-state index contributed by atoms with van der Waals surface area (Å²) in [4.78, 5) is 14.5. The highest BCUT2D eigenvalue weighted by molar-refractivity contribution is 6.00. The number of ether oxygens (including phenoxy) is 2. The Labute approximate surface area is 147 Å². The minimum Gasteiger partial charge on any atom is -0.497 e. The van der Waals surface area contributed by atoms with Crippen molar-refractivity contribution >= 4 is 5.78 Å². The van der Waals surface area contributed by atoms with Gasteiger partial charge in [-0.05, 0) is 31.0 Å². The van der Waals surface area contributed by atoms with Gasteiger partial charge in [-0.1, -0.05) is 0 Å². The molecule has 0 spiro atoms. The number of nitrogens with zero attached hydrogens (tertiary/aromatic N) is 2. The summed E-state index contributed by atoms with van der Waals surface area (Å²) in [6.45, 7) is 0. The molecule has 1 atom stereocenters. The van der Waals surface area contributed by atoms with Crippen LogP contribution in [0.15, 0.2) is 40.9 Å². The number of carbonyl (C=O) groups excluding carboxylic acids is 1. The standard InChI is InChI=1S/C19H21N3O3/c1-22-14-5-4-6-15(23)18(14)17(13(10-20)19(22)21)12-9-11(24-2)7-8-16(12)25-3/h7-9,17H,4-6,21H2,1-3H3/t17-/m0/s1. The van der Waals surface area contributed by atoms with E-state index in [4.69, 9.17) is 15.2 Å². The van der Waals surface area contributed by atoms with Crippen molar-refractivity contribution in [2.75, 3.05) is 21.3 Å². The van der Waals surface area contributed by atoms with Gasteiger partial charge >= 0.3 is 0 Å². The van der Waals surface area contributed by atoms with Crippen molar-refractivity contribution in [1.29, 1.82) is 5.26 Å². The lowest BCUT2D eigenvalue weighted by Gasteiger charge is -2.38. The number of nitriles is 1. The number of benzene rings is 1.